The summed E-state index contributed by atoms with van der Waals surface area (Å²) in [5.74, 6) is 6.83. The molecule has 1 N–H and O–H groups in total. The van der Waals surface area contributed by atoms with E-state index in [4.69, 9.17) is 9.84 Å². The molecular weight excluding hydrogens is 416 g/mol. The summed E-state index contributed by atoms with van der Waals surface area (Å²) in [4.78, 5) is 28.0. The number of benzene rings is 2. The lowest BCUT2D eigenvalue weighted by Crippen LogP contribution is -2.48. The summed E-state index contributed by atoms with van der Waals surface area (Å²) in [6.45, 7) is 5.03. The second kappa shape index (κ2) is 9.17. The van der Waals surface area contributed by atoms with Gasteiger partial charge in [0.1, 0.15) is 0 Å². The van der Waals surface area contributed by atoms with E-state index in [2.05, 4.69) is 42.8 Å². The first-order valence-electron chi connectivity index (χ1n) is 10.6. The summed E-state index contributed by atoms with van der Waals surface area (Å²) >= 11 is 0. The van der Waals surface area contributed by atoms with Gasteiger partial charge in [0.15, 0.2) is 6.29 Å². The van der Waals surface area contributed by atoms with Crippen molar-refractivity contribution in [3.63, 3.8) is 0 Å². The van der Waals surface area contributed by atoms with Crippen LogP contribution in [0.25, 0.3) is 22.4 Å². The number of pyridine rings is 1. The van der Waals surface area contributed by atoms with E-state index in [1.165, 1.54) is 12.0 Å². The summed E-state index contributed by atoms with van der Waals surface area (Å²) in [6, 6.07) is 15.7. The summed E-state index contributed by atoms with van der Waals surface area (Å²) in [6.07, 6.45) is -0.160. The normalized spacial score (nSPS) is 13.0. The summed E-state index contributed by atoms with van der Waals surface area (Å²) < 4.78 is 5.27. The van der Waals surface area contributed by atoms with Crippen LogP contribution >= 0.6 is 0 Å². The van der Waals surface area contributed by atoms with E-state index < -0.39 is 6.09 Å². The van der Waals surface area contributed by atoms with Crippen LogP contribution in [0.3, 0.4) is 0 Å². The Kier molecular flexibility index (Phi) is 6.14. The largest absolute Gasteiger partial charge is 0.480 e. The zero-order chi connectivity index (χ0) is 23.5. The van der Waals surface area contributed by atoms with Crippen LogP contribution in [0.15, 0.2) is 48.5 Å². The molecule has 6 nitrogen and oxygen atoms in total. The van der Waals surface area contributed by atoms with Crippen molar-refractivity contribution in [3.8, 4) is 40.1 Å². The number of aromatic nitrogens is 1. The van der Waals surface area contributed by atoms with E-state index in [-0.39, 0.29) is 5.92 Å². The molecule has 2 aromatic carbocycles. The molecule has 0 spiro atoms. The molecule has 4 rings (SSSR count). The smallest absolute Gasteiger partial charge is 0.407 e. The number of amides is 1. The summed E-state index contributed by atoms with van der Waals surface area (Å²) in [5.41, 5.74) is 7.33. The molecule has 1 aromatic heterocycles. The monoisotopic (exact) mass is 440 g/mol. The zero-order valence-electron chi connectivity index (χ0n) is 18.8. The molecule has 3 aromatic rings. The lowest BCUT2D eigenvalue weighted by atomic mass is 9.90. The highest BCUT2D eigenvalue weighted by molar-refractivity contribution is 5.82. The highest BCUT2D eigenvalue weighted by Gasteiger charge is 2.28. The van der Waals surface area contributed by atoms with Crippen LogP contribution in [0.2, 0.25) is 0 Å². The van der Waals surface area contributed by atoms with Crippen LogP contribution < -0.4 is 4.74 Å². The van der Waals surface area contributed by atoms with Crippen LogP contribution in [0.4, 0.5) is 4.79 Å². The fourth-order valence-electron chi connectivity index (χ4n) is 4.03. The highest BCUT2D eigenvalue weighted by atomic mass is 16.5. The van der Waals surface area contributed by atoms with E-state index >= 15 is 0 Å². The molecular formula is C27H24N2O4. The maximum absolute atomic E-state index is 11.2. The first-order chi connectivity index (χ1) is 15.9. The van der Waals surface area contributed by atoms with Crippen molar-refractivity contribution >= 4 is 12.4 Å². The first kappa shape index (κ1) is 22.1. The van der Waals surface area contributed by atoms with Crippen molar-refractivity contribution in [3.05, 3.63) is 70.8 Å². The predicted molar refractivity (Wildman–Crippen MR) is 126 cm³/mol. The molecule has 0 saturated carbocycles. The van der Waals surface area contributed by atoms with Crippen LogP contribution in [-0.2, 0) is 0 Å². The third-order valence-corrected chi connectivity index (χ3v) is 6.01. The van der Waals surface area contributed by atoms with Crippen molar-refractivity contribution in [1.82, 2.24) is 9.88 Å². The molecule has 6 heteroatoms. The fraction of sp³-hybridized carbons (Fsp3) is 0.222. The maximum Gasteiger partial charge on any atom is 0.407 e. The number of rotatable bonds is 4. The average molecular weight is 440 g/mol. The number of carbonyl (C=O) groups excluding carboxylic acids is 1. The topological polar surface area (TPSA) is 79.7 Å². The summed E-state index contributed by atoms with van der Waals surface area (Å²) in [7, 11) is 1.50. The lowest BCUT2D eigenvalue weighted by Gasteiger charge is -2.33. The number of carboxylic acid groups (broad SMARTS) is 1. The first-order valence-corrected chi connectivity index (χ1v) is 10.6. The molecule has 1 fully saturated rings. The minimum Gasteiger partial charge on any atom is -0.480 e. The molecule has 0 aliphatic carbocycles. The average Bonchev–Trinajstić information content (AvgIpc) is 2.78. The second-order valence-electron chi connectivity index (χ2n) is 8.02. The molecule has 1 aliphatic rings. The third kappa shape index (κ3) is 4.31. The number of nitrogens with zero attached hydrogens (tertiary/aromatic N) is 2. The SMILES string of the molecule is COc1nc(-c2cccc(-c3cccc(C#CC4CN(C(=O)O)C4)c3C)c2C)ccc1C=O. The van der Waals surface area contributed by atoms with Gasteiger partial charge in [0.2, 0.25) is 5.88 Å². The molecule has 1 aliphatic heterocycles. The van der Waals surface area contributed by atoms with Crippen molar-refractivity contribution in [1.29, 1.82) is 0 Å². The molecule has 0 unspecified atom stereocenters. The minimum absolute atomic E-state index is 0.0737. The van der Waals surface area contributed by atoms with Crippen molar-refractivity contribution in [2.75, 3.05) is 20.2 Å². The fourth-order valence-corrected chi connectivity index (χ4v) is 4.03. The predicted octanol–water partition coefficient (Wildman–Crippen LogP) is 4.81. The van der Waals surface area contributed by atoms with Gasteiger partial charge in [0.25, 0.3) is 0 Å². The molecule has 2 heterocycles. The number of ether oxygens (including phenoxy) is 1. The Bertz CT molecular complexity index is 1300. The molecule has 0 radical (unpaired) electrons. The molecule has 0 atom stereocenters. The van der Waals surface area contributed by atoms with Gasteiger partial charge in [0, 0.05) is 24.2 Å². The second-order valence-corrected chi connectivity index (χ2v) is 8.02. The van der Waals surface area contributed by atoms with Gasteiger partial charge in [0.05, 0.1) is 24.3 Å². The van der Waals surface area contributed by atoms with Gasteiger partial charge in [-0.1, -0.05) is 42.2 Å². The Morgan fingerprint density at radius 3 is 2.39 bits per heavy atom. The van der Waals surface area contributed by atoms with Crippen LogP contribution in [0.1, 0.15) is 27.0 Å². The van der Waals surface area contributed by atoms with Gasteiger partial charge in [-0.05, 0) is 54.3 Å². The number of hydrogen-bond acceptors (Lipinski definition) is 4. The summed E-state index contributed by atoms with van der Waals surface area (Å²) in [5, 5.41) is 8.98. The Morgan fingerprint density at radius 2 is 1.73 bits per heavy atom. The number of carbonyl (C=O) groups is 2. The van der Waals surface area contributed by atoms with E-state index in [0.717, 1.165) is 45.4 Å². The Hall–Kier alpha value is -4.11. The number of hydrogen-bond donors (Lipinski definition) is 1. The molecule has 33 heavy (non-hydrogen) atoms. The van der Waals surface area contributed by atoms with E-state index in [0.29, 0.717) is 24.5 Å². The third-order valence-electron chi connectivity index (χ3n) is 6.01. The maximum atomic E-state index is 11.2. The molecule has 1 saturated heterocycles. The Labute approximate surface area is 192 Å². The number of aldehydes is 1. The van der Waals surface area contributed by atoms with Crippen molar-refractivity contribution < 1.29 is 19.4 Å². The van der Waals surface area contributed by atoms with Crippen LogP contribution in [0.5, 0.6) is 5.88 Å². The van der Waals surface area contributed by atoms with Crippen molar-refractivity contribution in [2.45, 2.75) is 13.8 Å². The van der Waals surface area contributed by atoms with Gasteiger partial charge >= 0.3 is 6.09 Å². The van der Waals surface area contributed by atoms with Gasteiger partial charge < -0.3 is 14.7 Å². The van der Waals surface area contributed by atoms with Gasteiger partial charge in [-0.2, -0.15) is 0 Å². The van der Waals surface area contributed by atoms with Gasteiger partial charge in [-0.15, -0.1) is 0 Å². The van der Waals surface area contributed by atoms with Crippen LogP contribution in [-0.4, -0.2) is 47.6 Å². The minimum atomic E-state index is -0.894. The molecule has 0 bridgehead atoms. The lowest BCUT2D eigenvalue weighted by molar-refractivity contribution is 0.0999. The van der Waals surface area contributed by atoms with Crippen molar-refractivity contribution in [2.24, 2.45) is 5.92 Å². The zero-order valence-corrected chi connectivity index (χ0v) is 18.8. The van der Waals surface area contributed by atoms with Gasteiger partial charge in [-0.25, -0.2) is 9.78 Å². The number of likely N-dealkylation sites (tertiary alicyclic amines) is 1. The van der Waals surface area contributed by atoms with E-state index in [1.807, 2.05) is 30.3 Å². The Balaban J connectivity index is 1.68. The quantitative estimate of drug-likeness (QED) is 0.465. The molecule has 166 valence electrons. The Morgan fingerprint density at radius 1 is 1.06 bits per heavy atom. The van der Waals surface area contributed by atoms with E-state index in [1.54, 1.807) is 6.07 Å². The van der Waals surface area contributed by atoms with E-state index in [9.17, 15) is 9.59 Å². The van der Waals surface area contributed by atoms with Gasteiger partial charge in [-0.3, -0.25) is 4.79 Å². The number of methoxy groups -OCH3 is 1. The van der Waals surface area contributed by atoms with Crippen LogP contribution in [0, 0.1) is 31.6 Å². The standard InChI is InChI=1S/C27H24N2O4/c1-17-20(11-10-19-14-29(15-19)27(31)32)6-4-7-22(17)23-8-5-9-24(18(23)2)25-13-12-21(16-30)26(28-25)33-3/h4-9,12-13,16,19H,14-15H2,1-3H3,(H,31,32). The highest BCUT2D eigenvalue weighted by Crippen LogP contribution is 2.34. The molecule has 1 amide bonds.